The fraction of sp³-hybridized carbons (Fsp3) is 0. The number of hydrogen-bond acceptors (Lipinski definition) is 4. The quantitative estimate of drug-likeness (QED) is 0.253. The van der Waals surface area contributed by atoms with Crippen LogP contribution in [0.2, 0.25) is 0 Å². The summed E-state index contributed by atoms with van der Waals surface area (Å²) < 4.78 is 24.5. The van der Waals surface area contributed by atoms with Crippen LogP contribution in [0.15, 0.2) is 91.1 Å². The van der Waals surface area contributed by atoms with E-state index in [0.29, 0.717) is 22.9 Å². The van der Waals surface area contributed by atoms with Gasteiger partial charge in [-0.3, -0.25) is 0 Å². The van der Waals surface area contributed by atoms with Gasteiger partial charge in [-0.05, 0) is 37.1 Å². The molecule has 0 amide bonds. The third-order valence-corrected chi connectivity index (χ3v) is 5.19. The number of rotatable bonds is 3. The van der Waals surface area contributed by atoms with Crippen LogP contribution in [0.5, 0.6) is 17.4 Å². The van der Waals surface area contributed by atoms with Gasteiger partial charge in [-0.15, -0.1) is 17.5 Å². The minimum absolute atomic E-state index is 0. The molecule has 0 aliphatic heterocycles. The van der Waals surface area contributed by atoms with E-state index in [0.717, 1.165) is 21.7 Å². The monoisotopic (exact) mass is 599 g/mol. The second kappa shape index (κ2) is 8.10. The number of aromatic hydroxyl groups is 1. The van der Waals surface area contributed by atoms with Gasteiger partial charge >= 0.3 is 0 Å². The van der Waals surface area contributed by atoms with E-state index in [1.54, 1.807) is 48.7 Å². The number of aromatic nitrogens is 3. The summed E-state index contributed by atoms with van der Waals surface area (Å²) in [7, 11) is 0. The Morgan fingerprint density at radius 3 is 2.75 bits per heavy atom. The number of phenolic OH excluding ortho intramolecular Hbond substituents is 1. The molecule has 0 saturated carbocycles. The van der Waals surface area contributed by atoms with Crippen LogP contribution in [0.1, 0.15) is 2.74 Å². The van der Waals surface area contributed by atoms with Crippen LogP contribution in [-0.2, 0) is 21.1 Å². The molecular formula is C26H16N3O2Pt-. The molecule has 0 bridgehead atoms. The first-order valence-corrected chi connectivity index (χ1v) is 9.74. The fourth-order valence-electron chi connectivity index (χ4n) is 3.81. The standard InChI is InChI=1S/C26H16N3O2.Pt/c30-23-9-5-6-17-11-14-25(28-26(17)23)31-18-12-13-20-19-7-1-2-8-21(19)29(22(20)16-18)24-10-3-4-15-27-24;/h1-15,30H;/q-1;/i1D,12D;. The van der Waals surface area contributed by atoms with Crippen LogP contribution in [0.25, 0.3) is 38.5 Å². The summed E-state index contributed by atoms with van der Waals surface area (Å²) in [6, 6.07) is 25.2. The molecule has 0 aliphatic rings. The number of hydrogen-bond donors (Lipinski definition) is 1. The zero-order chi connectivity index (χ0) is 22.5. The van der Waals surface area contributed by atoms with Crippen molar-refractivity contribution in [3.63, 3.8) is 0 Å². The molecular weight excluding hydrogens is 581 g/mol. The number of para-hydroxylation sites is 2. The Morgan fingerprint density at radius 1 is 0.938 bits per heavy atom. The van der Waals surface area contributed by atoms with Gasteiger partial charge in [0.2, 0.25) is 5.88 Å². The van der Waals surface area contributed by atoms with Crippen molar-refractivity contribution in [2.75, 3.05) is 0 Å². The number of phenols is 1. The fourth-order valence-corrected chi connectivity index (χ4v) is 3.81. The number of fused-ring (bicyclic) bond motifs is 4. The van der Waals surface area contributed by atoms with Gasteiger partial charge in [0.25, 0.3) is 0 Å². The Kier molecular flexibility index (Phi) is 4.54. The number of nitrogens with zero attached hydrogens (tertiary/aromatic N) is 3. The molecule has 0 fully saturated rings. The largest absolute Gasteiger partial charge is 0.506 e. The van der Waals surface area contributed by atoms with E-state index in [9.17, 15) is 5.11 Å². The van der Waals surface area contributed by atoms with Gasteiger partial charge in [-0.1, -0.05) is 41.9 Å². The van der Waals surface area contributed by atoms with Gasteiger partial charge in [-0.25, -0.2) is 9.97 Å². The minimum atomic E-state index is 0. The normalized spacial score (nSPS) is 11.9. The van der Waals surface area contributed by atoms with Gasteiger partial charge in [0.05, 0.1) is 1.37 Å². The molecule has 5 nitrogen and oxygen atoms in total. The number of ether oxygens (including phenoxy) is 1. The van der Waals surface area contributed by atoms with E-state index in [1.165, 1.54) is 0 Å². The maximum Gasteiger partial charge on any atom is 0.217 e. The second-order valence-corrected chi connectivity index (χ2v) is 7.07. The molecule has 6 rings (SSSR count). The maximum atomic E-state index is 10.1. The molecule has 158 valence electrons. The smallest absolute Gasteiger partial charge is 0.217 e. The van der Waals surface area contributed by atoms with Crippen molar-refractivity contribution in [3.8, 4) is 23.2 Å². The zero-order valence-corrected chi connectivity index (χ0v) is 18.8. The summed E-state index contributed by atoms with van der Waals surface area (Å²) in [6.07, 6.45) is 1.72. The predicted octanol–water partition coefficient (Wildman–Crippen LogP) is 6.02. The van der Waals surface area contributed by atoms with Crippen molar-refractivity contribution in [1.29, 1.82) is 0 Å². The average molecular weight is 600 g/mol. The van der Waals surface area contributed by atoms with Gasteiger partial charge in [-0.2, -0.15) is 6.07 Å². The molecule has 1 N–H and O–H groups in total. The van der Waals surface area contributed by atoms with E-state index in [-0.39, 0.29) is 44.5 Å². The van der Waals surface area contributed by atoms with Crippen LogP contribution in [0.3, 0.4) is 0 Å². The van der Waals surface area contributed by atoms with Crippen molar-refractivity contribution in [2.24, 2.45) is 0 Å². The molecule has 0 radical (unpaired) electrons. The summed E-state index contributed by atoms with van der Waals surface area (Å²) >= 11 is 0. The topological polar surface area (TPSA) is 60.2 Å². The van der Waals surface area contributed by atoms with Crippen LogP contribution < -0.4 is 4.74 Å². The van der Waals surface area contributed by atoms with Gasteiger partial charge < -0.3 is 14.4 Å². The first-order valence-electron chi connectivity index (χ1n) is 10.7. The van der Waals surface area contributed by atoms with E-state index < -0.39 is 0 Å². The van der Waals surface area contributed by atoms with E-state index in [1.807, 2.05) is 34.9 Å². The molecule has 3 heterocycles. The molecule has 32 heavy (non-hydrogen) atoms. The van der Waals surface area contributed by atoms with Crippen LogP contribution in [0.4, 0.5) is 0 Å². The molecule has 3 aromatic carbocycles. The van der Waals surface area contributed by atoms with E-state index >= 15 is 0 Å². The van der Waals surface area contributed by atoms with Crippen molar-refractivity contribution < 1.29 is 33.7 Å². The first kappa shape index (κ1) is 17.9. The molecule has 6 heteroatoms. The second-order valence-electron chi connectivity index (χ2n) is 7.07. The van der Waals surface area contributed by atoms with Crippen molar-refractivity contribution in [1.82, 2.24) is 14.5 Å². The predicted molar refractivity (Wildman–Crippen MR) is 121 cm³/mol. The molecule has 0 atom stereocenters. The molecule has 0 saturated heterocycles. The summed E-state index contributed by atoms with van der Waals surface area (Å²) in [5, 5.41) is 12.5. The zero-order valence-electron chi connectivity index (χ0n) is 18.5. The average Bonchev–Trinajstić information content (AvgIpc) is 3.13. The van der Waals surface area contributed by atoms with Crippen LogP contribution in [-0.4, -0.2) is 19.6 Å². The Labute approximate surface area is 201 Å². The van der Waals surface area contributed by atoms with E-state index in [2.05, 4.69) is 16.0 Å². The molecule has 0 spiro atoms. The van der Waals surface area contributed by atoms with Gasteiger partial charge in [0, 0.05) is 50.0 Å². The third kappa shape index (κ3) is 3.31. The maximum absolute atomic E-state index is 10.1. The van der Waals surface area contributed by atoms with Gasteiger partial charge in [0.1, 0.15) is 17.1 Å². The summed E-state index contributed by atoms with van der Waals surface area (Å²) in [6.45, 7) is 0. The Bertz CT molecular complexity index is 1690. The SMILES string of the molecule is [2H]c1ccc2c(c1)c1cc([2H])c(Oc3ccc4cccc(O)c4n3)[c-]c1n2-c1ccccn1.[Pt]. The minimum Gasteiger partial charge on any atom is -0.506 e. The Morgan fingerprint density at radius 2 is 1.88 bits per heavy atom. The molecule has 0 unspecified atom stereocenters. The molecule has 3 aromatic heterocycles. The number of pyridine rings is 2. The summed E-state index contributed by atoms with van der Waals surface area (Å²) in [5.74, 6) is 1.21. The summed E-state index contributed by atoms with van der Waals surface area (Å²) in [5.41, 5.74) is 1.97. The van der Waals surface area contributed by atoms with Crippen molar-refractivity contribution in [3.05, 3.63) is 97.1 Å². The molecule has 6 aromatic rings. The van der Waals surface area contributed by atoms with Gasteiger partial charge in [0.15, 0.2) is 0 Å². The first-order chi connectivity index (χ1) is 16.1. The third-order valence-electron chi connectivity index (χ3n) is 5.19. The Balaban J connectivity index is 0.00000241. The summed E-state index contributed by atoms with van der Waals surface area (Å²) in [4.78, 5) is 8.90. The van der Waals surface area contributed by atoms with E-state index in [4.69, 9.17) is 7.48 Å². The van der Waals surface area contributed by atoms with Crippen molar-refractivity contribution >= 4 is 32.7 Å². The van der Waals surface area contributed by atoms with Crippen molar-refractivity contribution in [2.45, 2.75) is 0 Å². The number of benzene rings is 3. The van der Waals surface area contributed by atoms with Crippen LogP contribution in [0, 0.1) is 6.07 Å². The molecule has 0 aliphatic carbocycles. The Hall–Kier alpha value is -3.69. The van der Waals surface area contributed by atoms with Crippen LogP contribution >= 0.6 is 0 Å².